The summed E-state index contributed by atoms with van der Waals surface area (Å²) in [7, 11) is 3.93. The molecular formula is C14H14N2O2S2. The maximum absolute atomic E-state index is 12.1. The van der Waals surface area contributed by atoms with Gasteiger partial charge in [0.15, 0.2) is 4.32 Å². The maximum Gasteiger partial charge on any atom is 0.273 e. The molecule has 6 heteroatoms. The Morgan fingerprint density at radius 2 is 1.90 bits per heavy atom. The number of hydrogen-bond donors (Lipinski definition) is 0. The fourth-order valence-electron chi connectivity index (χ4n) is 1.76. The Hall–Kier alpha value is -1.66. The molecule has 0 N–H and O–H groups in total. The van der Waals surface area contributed by atoms with Crippen LogP contribution < -0.4 is 4.90 Å². The van der Waals surface area contributed by atoms with Crippen LogP contribution in [0.5, 0.6) is 0 Å². The van der Waals surface area contributed by atoms with Gasteiger partial charge in [-0.25, -0.2) is 4.90 Å². The number of thiocarbonyl (C=S) groups is 1. The Labute approximate surface area is 127 Å². The molecule has 0 saturated carbocycles. The van der Waals surface area contributed by atoms with E-state index in [-0.39, 0.29) is 11.8 Å². The Balaban J connectivity index is 2.26. The summed E-state index contributed by atoms with van der Waals surface area (Å²) in [5.41, 5.74) is 1.98. The molecule has 1 aliphatic rings. The topological polar surface area (TPSA) is 40.6 Å². The van der Waals surface area contributed by atoms with Crippen LogP contribution in [0, 0.1) is 0 Å². The van der Waals surface area contributed by atoms with Gasteiger partial charge in [-0.1, -0.05) is 36.1 Å². The Morgan fingerprint density at radius 3 is 2.35 bits per heavy atom. The molecule has 1 aromatic rings. The quantitative estimate of drug-likeness (QED) is 0.620. The first-order chi connectivity index (χ1) is 9.40. The fraction of sp³-hybridized carbons (Fsp3) is 0.214. The molecule has 0 aromatic heterocycles. The summed E-state index contributed by atoms with van der Waals surface area (Å²) < 4.78 is 0.290. The van der Waals surface area contributed by atoms with Crippen LogP contribution in [0.2, 0.25) is 0 Å². The van der Waals surface area contributed by atoms with Crippen molar-refractivity contribution < 1.29 is 9.59 Å². The van der Waals surface area contributed by atoms with E-state index in [1.54, 1.807) is 6.08 Å². The van der Waals surface area contributed by atoms with Crippen molar-refractivity contribution in [2.75, 3.05) is 19.0 Å². The number of amides is 2. The Kier molecular flexibility index (Phi) is 4.25. The van der Waals surface area contributed by atoms with E-state index in [4.69, 9.17) is 12.2 Å². The smallest absolute Gasteiger partial charge is 0.273 e. The van der Waals surface area contributed by atoms with Gasteiger partial charge in [-0.2, -0.15) is 0 Å². The number of imide groups is 1. The fourth-order valence-corrected chi connectivity index (χ4v) is 3.10. The minimum Gasteiger partial charge on any atom is -0.378 e. The van der Waals surface area contributed by atoms with Gasteiger partial charge in [0, 0.05) is 26.7 Å². The number of carbonyl (C=O) groups excluding carboxylic acids is 2. The number of thioether (sulfide) groups is 1. The molecular weight excluding hydrogens is 292 g/mol. The SMILES string of the molecule is CC(=O)N1C(=O)/C(=C\c2ccc(N(C)C)cc2)SC1=S. The van der Waals surface area contributed by atoms with Gasteiger partial charge in [-0.3, -0.25) is 9.59 Å². The average Bonchev–Trinajstić information content (AvgIpc) is 2.65. The highest BCUT2D eigenvalue weighted by molar-refractivity contribution is 8.26. The monoisotopic (exact) mass is 306 g/mol. The summed E-state index contributed by atoms with van der Waals surface area (Å²) in [5.74, 6) is -0.692. The summed E-state index contributed by atoms with van der Waals surface area (Å²) in [6.45, 7) is 1.33. The number of carbonyl (C=O) groups is 2. The van der Waals surface area contributed by atoms with E-state index < -0.39 is 0 Å². The van der Waals surface area contributed by atoms with E-state index in [9.17, 15) is 9.59 Å². The highest BCUT2D eigenvalue weighted by Crippen LogP contribution is 2.32. The molecule has 4 nitrogen and oxygen atoms in total. The Bertz CT molecular complexity index is 606. The second kappa shape index (κ2) is 5.76. The van der Waals surface area contributed by atoms with Crippen molar-refractivity contribution in [3.63, 3.8) is 0 Å². The van der Waals surface area contributed by atoms with Crippen LogP contribution in [0.3, 0.4) is 0 Å². The standard InChI is InChI=1S/C14H14N2O2S2/c1-9(17)16-13(18)12(20-14(16)19)8-10-4-6-11(7-5-10)15(2)3/h4-8H,1-3H3/b12-8+. The van der Waals surface area contributed by atoms with Crippen molar-refractivity contribution in [1.29, 1.82) is 0 Å². The van der Waals surface area contributed by atoms with Crippen LogP contribution in [0.15, 0.2) is 29.2 Å². The molecule has 20 heavy (non-hydrogen) atoms. The van der Waals surface area contributed by atoms with E-state index in [1.807, 2.05) is 43.3 Å². The van der Waals surface area contributed by atoms with E-state index in [0.29, 0.717) is 9.23 Å². The minimum atomic E-state index is -0.348. The molecule has 1 aliphatic heterocycles. The first-order valence-corrected chi connectivity index (χ1v) is 7.18. The average molecular weight is 306 g/mol. The van der Waals surface area contributed by atoms with Crippen molar-refractivity contribution in [3.05, 3.63) is 34.7 Å². The number of anilines is 1. The number of hydrogen-bond acceptors (Lipinski definition) is 5. The zero-order valence-electron chi connectivity index (χ0n) is 11.4. The molecule has 0 aliphatic carbocycles. The van der Waals surface area contributed by atoms with Crippen LogP contribution in [0.1, 0.15) is 12.5 Å². The maximum atomic E-state index is 12.1. The van der Waals surface area contributed by atoms with E-state index >= 15 is 0 Å². The third-order valence-electron chi connectivity index (χ3n) is 2.82. The van der Waals surface area contributed by atoms with Gasteiger partial charge >= 0.3 is 0 Å². The van der Waals surface area contributed by atoms with Gasteiger partial charge in [0.25, 0.3) is 5.91 Å². The molecule has 0 bridgehead atoms. The van der Waals surface area contributed by atoms with Crippen molar-refractivity contribution in [2.45, 2.75) is 6.92 Å². The number of benzene rings is 1. The van der Waals surface area contributed by atoms with Gasteiger partial charge in [0.2, 0.25) is 5.91 Å². The molecule has 0 radical (unpaired) electrons. The second-order valence-corrected chi connectivity index (χ2v) is 6.20. The summed E-state index contributed by atoms with van der Waals surface area (Å²) >= 11 is 6.19. The molecule has 0 unspecified atom stereocenters. The van der Waals surface area contributed by atoms with Crippen molar-refractivity contribution in [3.8, 4) is 0 Å². The van der Waals surface area contributed by atoms with Crippen LogP contribution in [-0.4, -0.2) is 35.1 Å². The molecule has 2 amide bonds. The summed E-state index contributed by atoms with van der Waals surface area (Å²) in [6.07, 6.45) is 1.75. The van der Waals surface area contributed by atoms with Crippen LogP contribution in [0.25, 0.3) is 6.08 Å². The summed E-state index contributed by atoms with van der Waals surface area (Å²) in [4.78, 5) is 26.9. The zero-order valence-corrected chi connectivity index (χ0v) is 13.0. The van der Waals surface area contributed by atoms with Crippen molar-refractivity contribution in [1.82, 2.24) is 4.90 Å². The lowest BCUT2D eigenvalue weighted by Crippen LogP contribution is -2.32. The molecule has 104 valence electrons. The van der Waals surface area contributed by atoms with E-state index in [2.05, 4.69) is 0 Å². The van der Waals surface area contributed by atoms with E-state index in [0.717, 1.165) is 27.9 Å². The van der Waals surface area contributed by atoms with Gasteiger partial charge in [-0.15, -0.1) is 0 Å². The van der Waals surface area contributed by atoms with E-state index in [1.165, 1.54) is 6.92 Å². The van der Waals surface area contributed by atoms with Crippen molar-refractivity contribution >= 4 is 51.9 Å². The predicted octanol–water partition coefficient (Wildman–Crippen LogP) is 2.50. The third-order valence-corrected chi connectivity index (χ3v) is 4.12. The molecule has 1 fully saturated rings. The molecule has 0 atom stereocenters. The predicted molar refractivity (Wildman–Crippen MR) is 86.5 cm³/mol. The molecule has 2 rings (SSSR count). The first kappa shape index (κ1) is 14.7. The molecule has 1 saturated heterocycles. The lowest BCUT2D eigenvalue weighted by molar-refractivity contribution is -0.135. The van der Waals surface area contributed by atoms with Crippen LogP contribution in [0.4, 0.5) is 5.69 Å². The minimum absolute atomic E-state index is 0.290. The summed E-state index contributed by atoms with van der Waals surface area (Å²) in [6, 6.07) is 7.79. The molecule has 1 aromatic carbocycles. The van der Waals surface area contributed by atoms with Crippen LogP contribution in [-0.2, 0) is 9.59 Å². The van der Waals surface area contributed by atoms with Gasteiger partial charge in [0.1, 0.15) is 0 Å². The third kappa shape index (κ3) is 2.91. The lowest BCUT2D eigenvalue weighted by Gasteiger charge is -2.11. The van der Waals surface area contributed by atoms with Crippen molar-refractivity contribution in [2.24, 2.45) is 0 Å². The second-order valence-electron chi connectivity index (χ2n) is 4.52. The highest BCUT2D eigenvalue weighted by Gasteiger charge is 2.34. The van der Waals surface area contributed by atoms with Crippen LogP contribution >= 0.6 is 24.0 Å². The number of nitrogens with zero attached hydrogens (tertiary/aromatic N) is 2. The van der Waals surface area contributed by atoms with Gasteiger partial charge in [0.05, 0.1) is 4.91 Å². The zero-order chi connectivity index (χ0) is 14.9. The number of rotatable bonds is 2. The first-order valence-electron chi connectivity index (χ1n) is 5.96. The van der Waals surface area contributed by atoms with Gasteiger partial charge < -0.3 is 4.90 Å². The van der Waals surface area contributed by atoms with Gasteiger partial charge in [-0.05, 0) is 23.8 Å². The largest absolute Gasteiger partial charge is 0.378 e. The normalized spacial score (nSPS) is 16.9. The Morgan fingerprint density at radius 1 is 1.30 bits per heavy atom. The molecule has 0 spiro atoms. The lowest BCUT2D eigenvalue weighted by atomic mass is 10.2. The highest BCUT2D eigenvalue weighted by atomic mass is 32.2. The summed E-state index contributed by atoms with van der Waals surface area (Å²) in [5, 5.41) is 0. The molecule has 1 heterocycles.